The van der Waals surface area contributed by atoms with Gasteiger partial charge in [0.2, 0.25) is 10.0 Å². The SMILES string of the molecule is CC(C)c1cccc2sc(NC(=O)c3ccc(S(=O)(=O)N4CCCCC4C)cc3)nc12. The zero-order valence-corrected chi connectivity index (χ0v) is 19.6. The number of hydrogen-bond donors (Lipinski definition) is 1. The molecule has 0 aliphatic carbocycles. The first-order valence-electron chi connectivity index (χ1n) is 10.6. The fraction of sp³-hybridized carbons (Fsp3) is 0.391. The number of hydrogen-bond acceptors (Lipinski definition) is 5. The molecule has 0 saturated carbocycles. The number of nitrogens with zero attached hydrogens (tertiary/aromatic N) is 2. The van der Waals surface area contributed by atoms with E-state index in [1.165, 1.54) is 23.5 Å². The summed E-state index contributed by atoms with van der Waals surface area (Å²) in [5, 5.41) is 3.39. The highest BCUT2D eigenvalue weighted by molar-refractivity contribution is 7.89. The van der Waals surface area contributed by atoms with E-state index in [4.69, 9.17) is 0 Å². The Morgan fingerprint density at radius 3 is 2.58 bits per heavy atom. The molecule has 6 nitrogen and oxygen atoms in total. The lowest BCUT2D eigenvalue weighted by Crippen LogP contribution is -2.41. The molecule has 1 unspecified atom stereocenters. The van der Waals surface area contributed by atoms with E-state index in [9.17, 15) is 13.2 Å². The fourth-order valence-electron chi connectivity index (χ4n) is 4.00. The third kappa shape index (κ3) is 4.37. The Bertz CT molecular complexity index is 1200. The maximum Gasteiger partial charge on any atom is 0.257 e. The molecule has 1 N–H and O–H groups in total. The molecule has 1 aliphatic heterocycles. The zero-order chi connectivity index (χ0) is 22.2. The van der Waals surface area contributed by atoms with Gasteiger partial charge in [0.1, 0.15) is 0 Å². The van der Waals surface area contributed by atoms with E-state index in [0.717, 1.165) is 35.0 Å². The Morgan fingerprint density at radius 1 is 1.16 bits per heavy atom. The third-order valence-corrected chi connectivity index (χ3v) is 8.72. The standard InChI is InChI=1S/C23H27N3O3S2/c1-15(2)19-8-6-9-20-21(19)24-23(30-20)25-22(27)17-10-12-18(13-11-17)31(28,29)26-14-5-4-7-16(26)3/h6,8-13,15-16H,4-5,7,14H2,1-3H3,(H,24,25,27). The molecule has 3 aromatic rings. The van der Waals surface area contributed by atoms with Crippen LogP contribution >= 0.6 is 11.3 Å². The highest BCUT2D eigenvalue weighted by atomic mass is 32.2. The van der Waals surface area contributed by atoms with Crippen LogP contribution in [0.15, 0.2) is 47.4 Å². The van der Waals surface area contributed by atoms with Crippen molar-refractivity contribution in [2.24, 2.45) is 0 Å². The maximum absolute atomic E-state index is 13.0. The molecule has 2 aromatic carbocycles. The van der Waals surface area contributed by atoms with Crippen molar-refractivity contribution in [3.05, 3.63) is 53.6 Å². The number of para-hydroxylation sites is 1. The molecule has 0 radical (unpaired) electrons. The van der Waals surface area contributed by atoms with Crippen molar-refractivity contribution < 1.29 is 13.2 Å². The molecule has 1 aliphatic rings. The average Bonchev–Trinajstić information content (AvgIpc) is 3.16. The Labute approximate surface area is 187 Å². The largest absolute Gasteiger partial charge is 0.298 e. The number of nitrogens with one attached hydrogen (secondary N) is 1. The molecule has 1 atom stereocenters. The lowest BCUT2D eigenvalue weighted by Gasteiger charge is -2.32. The Hall–Kier alpha value is -2.29. The molecule has 0 spiro atoms. The van der Waals surface area contributed by atoms with Crippen LogP contribution in [0, 0.1) is 0 Å². The van der Waals surface area contributed by atoms with Crippen LogP contribution in [0.2, 0.25) is 0 Å². The molecule has 0 bridgehead atoms. The lowest BCUT2D eigenvalue weighted by atomic mass is 10.0. The number of benzene rings is 2. The van der Waals surface area contributed by atoms with Crippen molar-refractivity contribution in [1.29, 1.82) is 0 Å². The number of carbonyl (C=O) groups excluding carboxylic acids is 1. The maximum atomic E-state index is 13.0. The summed E-state index contributed by atoms with van der Waals surface area (Å²) < 4.78 is 28.5. The molecule has 31 heavy (non-hydrogen) atoms. The van der Waals surface area contributed by atoms with Gasteiger partial charge in [-0.3, -0.25) is 10.1 Å². The van der Waals surface area contributed by atoms with Gasteiger partial charge in [0.05, 0.1) is 15.1 Å². The molecule has 1 amide bonds. The minimum atomic E-state index is -3.55. The van der Waals surface area contributed by atoms with E-state index in [1.807, 2.05) is 19.1 Å². The topological polar surface area (TPSA) is 79.4 Å². The molecule has 1 fully saturated rings. The zero-order valence-electron chi connectivity index (χ0n) is 18.0. The summed E-state index contributed by atoms with van der Waals surface area (Å²) in [5.74, 6) is 0.0342. The van der Waals surface area contributed by atoms with E-state index in [1.54, 1.807) is 16.4 Å². The van der Waals surface area contributed by atoms with Gasteiger partial charge in [0, 0.05) is 18.2 Å². The van der Waals surface area contributed by atoms with Gasteiger partial charge < -0.3 is 0 Å². The van der Waals surface area contributed by atoms with Crippen molar-refractivity contribution >= 4 is 42.6 Å². The van der Waals surface area contributed by atoms with Crippen molar-refractivity contribution in [3.63, 3.8) is 0 Å². The second kappa shape index (κ2) is 8.68. The van der Waals surface area contributed by atoms with Crippen LogP contribution in [-0.4, -0.2) is 36.2 Å². The van der Waals surface area contributed by atoms with Crippen molar-refractivity contribution in [3.8, 4) is 0 Å². The highest BCUT2D eigenvalue weighted by Gasteiger charge is 2.31. The number of anilines is 1. The second-order valence-electron chi connectivity index (χ2n) is 8.31. The van der Waals surface area contributed by atoms with Gasteiger partial charge in [0.15, 0.2) is 5.13 Å². The molecular weight excluding hydrogens is 430 g/mol. The summed E-state index contributed by atoms with van der Waals surface area (Å²) in [6, 6.07) is 12.2. The fourth-order valence-corrected chi connectivity index (χ4v) is 6.60. The summed E-state index contributed by atoms with van der Waals surface area (Å²) in [6.07, 6.45) is 2.81. The number of carbonyl (C=O) groups is 1. The Morgan fingerprint density at radius 2 is 1.90 bits per heavy atom. The highest BCUT2D eigenvalue weighted by Crippen LogP contribution is 2.32. The van der Waals surface area contributed by atoms with Crippen LogP contribution in [0.5, 0.6) is 0 Å². The number of fused-ring (bicyclic) bond motifs is 1. The molecule has 1 saturated heterocycles. The van der Waals surface area contributed by atoms with Crippen LogP contribution in [0.1, 0.15) is 61.9 Å². The van der Waals surface area contributed by atoms with Gasteiger partial charge in [-0.25, -0.2) is 13.4 Å². The molecule has 8 heteroatoms. The van der Waals surface area contributed by atoms with Gasteiger partial charge in [-0.2, -0.15) is 4.31 Å². The van der Waals surface area contributed by atoms with Crippen LogP contribution < -0.4 is 5.32 Å². The van der Waals surface area contributed by atoms with Crippen molar-refractivity contribution in [2.45, 2.75) is 56.9 Å². The lowest BCUT2D eigenvalue weighted by molar-refractivity contribution is 0.102. The number of piperidine rings is 1. The number of amides is 1. The van der Waals surface area contributed by atoms with E-state index in [0.29, 0.717) is 23.2 Å². The Balaban J connectivity index is 1.52. The van der Waals surface area contributed by atoms with E-state index in [-0.39, 0.29) is 16.8 Å². The number of rotatable bonds is 5. The average molecular weight is 458 g/mol. The monoisotopic (exact) mass is 457 g/mol. The summed E-state index contributed by atoms with van der Waals surface area (Å²) in [5.41, 5.74) is 2.46. The van der Waals surface area contributed by atoms with Crippen molar-refractivity contribution in [2.75, 3.05) is 11.9 Å². The summed E-state index contributed by atoms with van der Waals surface area (Å²) in [7, 11) is -3.55. The van der Waals surface area contributed by atoms with Crippen LogP contribution in [0.3, 0.4) is 0 Å². The molecule has 2 heterocycles. The first kappa shape index (κ1) is 21.9. The molecule has 164 valence electrons. The summed E-state index contributed by atoms with van der Waals surface area (Å²) in [4.78, 5) is 17.6. The first-order valence-corrected chi connectivity index (χ1v) is 12.9. The van der Waals surface area contributed by atoms with Crippen LogP contribution in [0.4, 0.5) is 5.13 Å². The predicted molar refractivity (Wildman–Crippen MR) is 125 cm³/mol. The number of thiazole rings is 1. The molecule has 1 aromatic heterocycles. The van der Waals surface area contributed by atoms with E-state index >= 15 is 0 Å². The number of aromatic nitrogens is 1. The third-order valence-electron chi connectivity index (χ3n) is 5.76. The van der Waals surface area contributed by atoms with E-state index < -0.39 is 10.0 Å². The second-order valence-corrected chi connectivity index (χ2v) is 11.2. The first-order chi connectivity index (χ1) is 14.8. The van der Waals surface area contributed by atoms with Crippen molar-refractivity contribution in [1.82, 2.24) is 9.29 Å². The van der Waals surface area contributed by atoms with E-state index in [2.05, 4.69) is 30.2 Å². The smallest absolute Gasteiger partial charge is 0.257 e. The predicted octanol–water partition coefficient (Wildman–Crippen LogP) is 5.24. The Kier molecular flexibility index (Phi) is 6.14. The van der Waals surface area contributed by atoms with Gasteiger partial charge in [0.25, 0.3) is 5.91 Å². The van der Waals surface area contributed by atoms with Gasteiger partial charge in [-0.15, -0.1) is 0 Å². The van der Waals surface area contributed by atoms with Crippen LogP contribution in [-0.2, 0) is 10.0 Å². The quantitative estimate of drug-likeness (QED) is 0.569. The van der Waals surface area contributed by atoms with Gasteiger partial charge in [-0.05, 0) is 61.6 Å². The normalized spacial score (nSPS) is 17.9. The minimum Gasteiger partial charge on any atom is -0.298 e. The molecular formula is C23H27N3O3S2. The summed E-state index contributed by atoms with van der Waals surface area (Å²) in [6.45, 7) is 6.72. The van der Waals surface area contributed by atoms with Crippen LogP contribution in [0.25, 0.3) is 10.2 Å². The summed E-state index contributed by atoms with van der Waals surface area (Å²) >= 11 is 1.43. The van der Waals surface area contributed by atoms with Gasteiger partial charge in [-0.1, -0.05) is 43.7 Å². The number of sulfonamides is 1. The van der Waals surface area contributed by atoms with Gasteiger partial charge >= 0.3 is 0 Å². The molecule has 4 rings (SSSR count). The minimum absolute atomic E-state index is 0.00325.